The smallest absolute Gasteiger partial charge is 0.111 e. The second-order valence-corrected chi connectivity index (χ2v) is 4.72. The van der Waals surface area contributed by atoms with Gasteiger partial charge in [-0.2, -0.15) is 0 Å². The molecular formula is C17H20O5. The van der Waals surface area contributed by atoms with Crippen LogP contribution in [0, 0.1) is 0 Å². The van der Waals surface area contributed by atoms with Crippen LogP contribution in [-0.4, -0.2) is 24.4 Å². The zero-order valence-electron chi connectivity index (χ0n) is 12.3. The monoisotopic (exact) mass is 304 g/mol. The van der Waals surface area contributed by atoms with E-state index in [1.54, 1.807) is 0 Å². The Labute approximate surface area is 129 Å². The average Bonchev–Trinajstić information content (AvgIpc) is 2.57. The summed E-state index contributed by atoms with van der Waals surface area (Å²) in [6.45, 7) is 0.695. The van der Waals surface area contributed by atoms with E-state index in [0.717, 1.165) is 11.1 Å². The summed E-state index contributed by atoms with van der Waals surface area (Å²) >= 11 is 0. The van der Waals surface area contributed by atoms with Gasteiger partial charge in [-0.05, 0) is 11.1 Å². The van der Waals surface area contributed by atoms with E-state index in [-0.39, 0.29) is 13.2 Å². The Bertz CT molecular complexity index is 455. The highest BCUT2D eigenvalue weighted by molar-refractivity contribution is 5.13. The molecule has 0 aliphatic carbocycles. The fourth-order valence-electron chi connectivity index (χ4n) is 1.67. The van der Waals surface area contributed by atoms with Crippen molar-refractivity contribution in [2.24, 2.45) is 0 Å². The van der Waals surface area contributed by atoms with Crippen LogP contribution < -0.4 is 0 Å². The molecule has 0 aliphatic rings. The minimum atomic E-state index is -0.813. The molecule has 0 bridgehead atoms. The van der Waals surface area contributed by atoms with E-state index < -0.39 is 6.10 Å². The van der Waals surface area contributed by atoms with E-state index in [1.807, 2.05) is 60.7 Å². The van der Waals surface area contributed by atoms with E-state index in [0.29, 0.717) is 13.2 Å². The predicted octanol–water partition coefficient (Wildman–Crippen LogP) is 2.64. The second kappa shape index (κ2) is 10.0. The van der Waals surface area contributed by atoms with Crippen molar-refractivity contribution in [3.63, 3.8) is 0 Å². The first-order chi connectivity index (χ1) is 10.8. The lowest BCUT2D eigenvalue weighted by molar-refractivity contribution is -0.340. The van der Waals surface area contributed by atoms with Crippen LogP contribution in [0.4, 0.5) is 0 Å². The molecular weight excluding hydrogens is 284 g/mol. The quantitative estimate of drug-likeness (QED) is 0.415. The highest BCUT2D eigenvalue weighted by Crippen LogP contribution is 2.02. The molecule has 5 heteroatoms. The maximum atomic E-state index is 9.63. The number of hydrogen-bond donors (Lipinski definition) is 1. The lowest BCUT2D eigenvalue weighted by Gasteiger charge is -2.10. The summed E-state index contributed by atoms with van der Waals surface area (Å²) in [6.07, 6.45) is -0.813. The molecule has 0 radical (unpaired) electrons. The largest absolute Gasteiger partial charge is 0.388 e. The van der Waals surface area contributed by atoms with Crippen LogP contribution in [0.15, 0.2) is 60.7 Å². The van der Waals surface area contributed by atoms with Crippen LogP contribution in [-0.2, 0) is 32.8 Å². The molecule has 0 fully saturated rings. The Hall–Kier alpha value is -1.76. The number of hydrogen-bond acceptors (Lipinski definition) is 5. The van der Waals surface area contributed by atoms with Crippen LogP contribution in [0.25, 0.3) is 0 Å². The van der Waals surface area contributed by atoms with Gasteiger partial charge in [0, 0.05) is 0 Å². The van der Waals surface area contributed by atoms with Crippen molar-refractivity contribution < 1.29 is 24.7 Å². The van der Waals surface area contributed by atoms with Gasteiger partial charge >= 0.3 is 0 Å². The Balaban J connectivity index is 1.48. The maximum Gasteiger partial charge on any atom is 0.111 e. The van der Waals surface area contributed by atoms with Crippen molar-refractivity contribution in [1.29, 1.82) is 0 Å². The van der Waals surface area contributed by atoms with Crippen molar-refractivity contribution in [1.82, 2.24) is 0 Å². The molecule has 0 unspecified atom stereocenters. The molecule has 0 atom stereocenters. The average molecular weight is 304 g/mol. The van der Waals surface area contributed by atoms with Crippen LogP contribution in [0.3, 0.4) is 0 Å². The Morgan fingerprint density at radius 3 is 1.45 bits per heavy atom. The van der Waals surface area contributed by atoms with Gasteiger partial charge in [0.2, 0.25) is 0 Å². The normalized spacial score (nSPS) is 11.0. The van der Waals surface area contributed by atoms with Crippen LogP contribution >= 0.6 is 0 Å². The van der Waals surface area contributed by atoms with Crippen molar-refractivity contribution in [2.45, 2.75) is 19.3 Å². The molecule has 0 amide bonds. The topological polar surface area (TPSA) is 57.2 Å². The molecule has 0 spiro atoms. The van der Waals surface area contributed by atoms with Crippen LogP contribution in [0.1, 0.15) is 11.1 Å². The summed E-state index contributed by atoms with van der Waals surface area (Å²) in [5.74, 6) is 0. The van der Waals surface area contributed by atoms with E-state index in [2.05, 4.69) is 0 Å². The molecule has 0 aromatic heterocycles. The summed E-state index contributed by atoms with van der Waals surface area (Å²) in [5, 5.41) is 9.63. The fraction of sp³-hybridized carbons (Fsp3) is 0.294. The zero-order chi connectivity index (χ0) is 15.5. The highest BCUT2D eigenvalue weighted by atomic mass is 17.2. The third-order valence-electron chi connectivity index (χ3n) is 2.82. The van der Waals surface area contributed by atoms with E-state index >= 15 is 0 Å². The molecule has 0 saturated heterocycles. The Morgan fingerprint density at radius 1 is 0.636 bits per heavy atom. The van der Waals surface area contributed by atoms with Gasteiger partial charge < -0.3 is 5.11 Å². The molecule has 0 aliphatic heterocycles. The lowest BCUT2D eigenvalue weighted by Crippen LogP contribution is -2.22. The predicted molar refractivity (Wildman–Crippen MR) is 80.4 cm³/mol. The summed E-state index contributed by atoms with van der Waals surface area (Å²) in [4.78, 5) is 19.9. The third kappa shape index (κ3) is 6.80. The molecule has 0 saturated carbocycles. The summed E-state index contributed by atoms with van der Waals surface area (Å²) < 4.78 is 0. The van der Waals surface area contributed by atoms with Crippen LogP contribution in [0.2, 0.25) is 0 Å². The van der Waals surface area contributed by atoms with Crippen molar-refractivity contribution in [3.05, 3.63) is 71.8 Å². The minimum Gasteiger partial charge on any atom is -0.388 e. The van der Waals surface area contributed by atoms with Crippen molar-refractivity contribution >= 4 is 0 Å². The van der Waals surface area contributed by atoms with E-state index in [1.165, 1.54) is 0 Å². The fourth-order valence-corrected chi connectivity index (χ4v) is 1.67. The third-order valence-corrected chi connectivity index (χ3v) is 2.82. The first-order valence-corrected chi connectivity index (χ1v) is 7.09. The summed E-state index contributed by atoms with van der Waals surface area (Å²) in [5.41, 5.74) is 2.00. The SMILES string of the molecule is OC(COOCc1ccccc1)COOCc1ccccc1. The Morgan fingerprint density at radius 2 is 1.05 bits per heavy atom. The van der Waals surface area contributed by atoms with E-state index in [4.69, 9.17) is 19.6 Å². The van der Waals surface area contributed by atoms with E-state index in [9.17, 15) is 5.11 Å². The first kappa shape index (κ1) is 16.6. The van der Waals surface area contributed by atoms with Gasteiger partial charge in [0.25, 0.3) is 0 Å². The molecule has 1 N–H and O–H groups in total. The molecule has 5 nitrogen and oxygen atoms in total. The first-order valence-electron chi connectivity index (χ1n) is 7.09. The van der Waals surface area contributed by atoms with Gasteiger partial charge in [-0.25, -0.2) is 19.6 Å². The number of aliphatic hydroxyl groups is 1. The van der Waals surface area contributed by atoms with Gasteiger partial charge in [-0.15, -0.1) is 0 Å². The van der Waals surface area contributed by atoms with Gasteiger partial charge in [-0.1, -0.05) is 60.7 Å². The Kier molecular flexibility index (Phi) is 7.59. The number of aliphatic hydroxyl groups excluding tert-OH is 1. The van der Waals surface area contributed by atoms with Crippen molar-refractivity contribution in [2.75, 3.05) is 13.2 Å². The van der Waals surface area contributed by atoms with Crippen LogP contribution in [0.5, 0.6) is 0 Å². The minimum absolute atomic E-state index is 0.0154. The number of benzene rings is 2. The summed E-state index contributed by atoms with van der Waals surface area (Å²) in [6, 6.07) is 19.3. The number of rotatable bonds is 10. The maximum absolute atomic E-state index is 9.63. The van der Waals surface area contributed by atoms with Gasteiger partial charge in [-0.3, -0.25) is 0 Å². The molecule has 2 aromatic carbocycles. The van der Waals surface area contributed by atoms with Gasteiger partial charge in [0.1, 0.15) is 32.5 Å². The lowest BCUT2D eigenvalue weighted by atomic mass is 10.2. The van der Waals surface area contributed by atoms with Gasteiger partial charge in [0.15, 0.2) is 0 Å². The van der Waals surface area contributed by atoms with Crippen molar-refractivity contribution in [3.8, 4) is 0 Å². The molecule has 22 heavy (non-hydrogen) atoms. The summed E-state index contributed by atoms with van der Waals surface area (Å²) in [7, 11) is 0. The molecule has 118 valence electrons. The standard InChI is InChI=1S/C17H20O5/c18-17(13-21-19-11-15-7-3-1-4-8-15)14-22-20-12-16-9-5-2-6-10-16/h1-10,17-18H,11-14H2. The van der Waals surface area contributed by atoms with Gasteiger partial charge in [0.05, 0.1) is 0 Å². The molecule has 2 aromatic rings. The molecule has 0 heterocycles. The molecule has 2 rings (SSSR count). The highest BCUT2D eigenvalue weighted by Gasteiger charge is 2.06. The zero-order valence-corrected chi connectivity index (χ0v) is 12.3. The second-order valence-electron chi connectivity index (χ2n) is 4.72.